The minimum Gasteiger partial charge on any atom is -0.324 e. The van der Waals surface area contributed by atoms with E-state index in [2.05, 4.69) is 29.4 Å². The van der Waals surface area contributed by atoms with E-state index in [1.165, 1.54) is 5.56 Å². The number of imidazole rings is 1. The van der Waals surface area contributed by atoms with E-state index in [9.17, 15) is 0 Å². The molecule has 2 rings (SSSR count). The summed E-state index contributed by atoms with van der Waals surface area (Å²) < 4.78 is 1.92. The highest BCUT2D eigenvalue weighted by Crippen LogP contribution is 2.03. The molecule has 0 amide bonds. The summed E-state index contributed by atoms with van der Waals surface area (Å²) in [5.41, 5.74) is 2.13. The van der Waals surface area contributed by atoms with Gasteiger partial charge in [-0.1, -0.05) is 30.3 Å². The molecule has 1 radical (unpaired) electrons. The van der Waals surface area contributed by atoms with Crippen molar-refractivity contribution in [3.8, 4) is 12.3 Å². The number of hydrogen-bond acceptors (Lipinski definition) is 1. The van der Waals surface area contributed by atoms with Gasteiger partial charge >= 0.3 is 0 Å². The summed E-state index contributed by atoms with van der Waals surface area (Å²) in [5.74, 6) is 2.57. The third-order valence-corrected chi connectivity index (χ3v) is 2.11. The van der Waals surface area contributed by atoms with E-state index < -0.39 is 0 Å². The van der Waals surface area contributed by atoms with Gasteiger partial charge in [-0.05, 0) is 5.56 Å². The van der Waals surface area contributed by atoms with Crippen molar-refractivity contribution in [2.75, 3.05) is 0 Å². The summed E-state index contributed by atoms with van der Waals surface area (Å²) in [6.45, 7) is 0.790. The van der Waals surface area contributed by atoms with Crippen LogP contribution in [0.25, 0.3) is 0 Å². The fraction of sp³-hybridized carbons (Fsp3) is 0.154. The van der Waals surface area contributed by atoms with Crippen LogP contribution in [0.5, 0.6) is 0 Å². The quantitative estimate of drug-likeness (QED) is 0.684. The average Bonchev–Trinajstić information content (AvgIpc) is 2.68. The van der Waals surface area contributed by atoms with Crippen LogP contribution in [0.15, 0.2) is 36.5 Å². The molecule has 0 bridgehead atoms. The first-order valence-corrected chi connectivity index (χ1v) is 4.79. The Balaban J connectivity index is 2.09. The normalized spacial score (nSPS) is 9.80. The number of terminal acetylenes is 1. The summed E-state index contributed by atoms with van der Waals surface area (Å²) in [4.78, 5) is 4.10. The lowest BCUT2D eigenvalue weighted by molar-refractivity contribution is 0.789. The highest BCUT2D eigenvalue weighted by Gasteiger charge is 1.98. The lowest BCUT2D eigenvalue weighted by atomic mass is 10.2. The van der Waals surface area contributed by atoms with Gasteiger partial charge in [-0.3, -0.25) is 0 Å². The predicted molar refractivity (Wildman–Crippen MR) is 59.1 cm³/mol. The standard InChI is InChI=1S/C13H11N2/c1-2-6-13-10-15(11-14-13)9-12-7-4-3-5-8-12/h1,3-5,7-8,10H,6,9H2. The number of nitrogens with zero attached hydrogens (tertiary/aromatic N) is 2. The van der Waals surface area contributed by atoms with E-state index in [1.54, 1.807) is 0 Å². The zero-order chi connectivity index (χ0) is 10.5. The lowest BCUT2D eigenvalue weighted by Crippen LogP contribution is -1.96. The lowest BCUT2D eigenvalue weighted by Gasteiger charge is -2.00. The molecule has 73 valence electrons. The molecule has 2 nitrogen and oxygen atoms in total. The second kappa shape index (κ2) is 4.47. The Kier molecular flexibility index (Phi) is 2.85. The van der Waals surface area contributed by atoms with Crippen molar-refractivity contribution in [1.29, 1.82) is 0 Å². The third kappa shape index (κ3) is 2.47. The monoisotopic (exact) mass is 195 g/mol. The van der Waals surface area contributed by atoms with Crippen molar-refractivity contribution in [3.05, 3.63) is 54.1 Å². The maximum absolute atomic E-state index is 5.21. The Morgan fingerprint density at radius 1 is 1.33 bits per heavy atom. The summed E-state index contributed by atoms with van der Waals surface area (Å²) >= 11 is 0. The molecule has 0 N–H and O–H groups in total. The molecule has 1 aromatic heterocycles. The van der Waals surface area contributed by atoms with Crippen LogP contribution >= 0.6 is 0 Å². The maximum Gasteiger partial charge on any atom is 0.177 e. The molecule has 0 saturated carbocycles. The van der Waals surface area contributed by atoms with E-state index in [4.69, 9.17) is 6.42 Å². The number of benzene rings is 1. The van der Waals surface area contributed by atoms with Crippen molar-refractivity contribution < 1.29 is 0 Å². The first-order valence-electron chi connectivity index (χ1n) is 4.79. The summed E-state index contributed by atoms with van der Waals surface area (Å²) in [6.07, 6.45) is 10.6. The van der Waals surface area contributed by atoms with Crippen LogP contribution in [0, 0.1) is 18.7 Å². The van der Waals surface area contributed by atoms with Gasteiger partial charge in [0.15, 0.2) is 6.33 Å². The molecular weight excluding hydrogens is 184 g/mol. The van der Waals surface area contributed by atoms with Gasteiger partial charge in [-0.15, -0.1) is 12.3 Å². The molecule has 0 aliphatic heterocycles. The number of aromatic nitrogens is 2. The van der Waals surface area contributed by atoms with Crippen molar-refractivity contribution in [3.63, 3.8) is 0 Å². The Labute approximate surface area is 89.6 Å². The van der Waals surface area contributed by atoms with Crippen LogP contribution in [0.3, 0.4) is 0 Å². The fourth-order valence-corrected chi connectivity index (χ4v) is 1.42. The molecule has 1 aromatic carbocycles. The SMILES string of the molecule is C#CCc1cn(Cc2ccccc2)[c]n1. The van der Waals surface area contributed by atoms with Crippen molar-refractivity contribution in [2.24, 2.45) is 0 Å². The summed E-state index contributed by atoms with van der Waals surface area (Å²) in [7, 11) is 0. The van der Waals surface area contributed by atoms with E-state index >= 15 is 0 Å². The van der Waals surface area contributed by atoms with Gasteiger partial charge in [0.25, 0.3) is 0 Å². The van der Waals surface area contributed by atoms with Gasteiger partial charge in [-0.25, -0.2) is 4.98 Å². The zero-order valence-corrected chi connectivity index (χ0v) is 8.35. The molecule has 0 unspecified atom stereocenters. The fourth-order valence-electron chi connectivity index (χ4n) is 1.42. The van der Waals surface area contributed by atoms with Crippen LogP contribution in [-0.4, -0.2) is 9.55 Å². The third-order valence-electron chi connectivity index (χ3n) is 2.11. The van der Waals surface area contributed by atoms with Gasteiger partial charge in [0.1, 0.15) is 0 Å². The van der Waals surface area contributed by atoms with E-state index in [0.29, 0.717) is 6.42 Å². The van der Waals surface area contributed by atoms with Crippen LogP contribution < -0.4 is 0 Å². The Hall–Kier alpha value is -2.01. The van der Waals surface area contributed by atoms with Crippen LogP contribution in [0.1, 0.15) is 11.3 Å². The number of hydrogen-bond donors (Lipinski definition) is 0. The van der Waals surface area contributed by atoms with E-state index in [0.717, 1.165) is 12.2 Å². The van der Waals surface area contributed by atoms with Gasteiger partial charge in [0, 0.05) is 12.7 Å². The molecular formula is C13H11N2. The van der Waals surface area contributed by atoms with E-state index in [1.807, 2.05) is 29.0 Å². The second-order valence-electron chi connectivity index (χ2n) is 3.33. The van der Waals surface area contributed by atoms with Crippen molar-refractivity contribution >= 4 is 0 Å². The van der Waals surface area contributed by atoms with Crippen molar-refractivity contribution in [1.82, 2.24) is 9.55 Å². The zero-order valence-electron chi connectivity index (χ0n) is 8.35. The van der Waals surface area contributed by atoms with Crippen molar-refractivity contribution in [2.45, 2.75) is 13.0 Å². The topological polar surface area (TPSA) is 17.8 Å². The minimum atomic E-state index is 0.568. The smallest absolute Gasteiger partial charge is 0.177 e. The molecule has 0 aliphatic carbocycles. The van der Waals surface area contributed by atoms with E-state index in [-0.39, 0.29) is 0 Å². The van der Waals surface area contributed by atoms with Gasteiger partial charge in [0.05, 0.1) is 12.1 Å². The first-order chi connectivity index (χ1) is 7.38. The second-order valence-corrected chi connectivity index (χ2v) is 3.33. The number of rotatable bonds is 3. The molecule has 2 aromatic rings. The molecule has 0 fully saturated rings. The van der Waals surface area contributed by atoms with Crippen LogP contribution in [0.4, 0.5) is 0 Å². The Morgan fingerprint density at radius 2 is 2.13 bits per heavy atom. The van der Waals surface area contributed by atoms with Gasteiger partial charge < -0.3 is 4.57 Å². The molecule has 1 heterocycles. The van der Waals surface area contributed by atoms with Crippen LogP contribution in [0.2, 0.25) is 0 Å². The summed E-state index contributed by atoms with van der Waals surface area (Å²) in [6, 6.07) is 10.2. The summed E-state index contributed by atoms with van der Waals surface area (Å²) in [5, 5.41) is 0. The Bertz CT molecular complexity index is 463. The molecule has 0 spiro atoms. The largest absolute Gasteiger partial charge is 0.324 e. The molecule has 15 heavy (non-hydrogen) atoms. The molecule has 2 heteroatoms. The highest BCUT2D eigenvalue weighted by atomic mass is 15.0. The van der Waals surface area contributed by atoms with Crippen LogP contribution in [-0.2, 0) is 13.0 Å². The van der Waals surface area contributed by atoms with Gasteiger partial charge in [-0.2, -0.15) is 0 Å². The predicted octanol–water partition coefficient (Wildman–Crippen LogP) is 1.91. The highest BCUT2D eigenvalue weighted by molar-refractivity contribution is 5.15. The molecule has 0 atom stereocenters. The molecule has 0 saturated heterocycles. The molecule has 0 aliphatic rings. The minimum absolute atomic E-state index is 0.568. The average molecular weight is 195 g/mol. The van der Waals surface area contributed by atoms with Gasteiger partial charge in [0.2, 0.25) is 0 Å². The first kappa shape index (κ1) is 9.54. The Morgan fingerprint density at radius 3 is 2.87 bits per heavy atom. The maximum atomic E-state index is 5.21.